The van der Waals surface area contributed by atoms with Gasteiger partial charge >= 0.3 is 0 Å². The lowest BCUT2D eigenvalue weighted by molar-refractivity contribution is 0.331. The van der Waals surface area contributed by atoms with Crippen molar-refractivity contribution in [3.05, 3.63) is 18.4 Å². The summed E-state index contributed by atoms with van der Waals surface area (Å²) in [5, 5.41) is 3.46. The Labute approximate surface area is 83.9 Å². The van der Waals surface area contributed by atoms with Crippen LogP contribution in [0.4, 0.5) is 0 Å². The van der Waals surface area contributed by atoms with Crippen molar-refractivity contribution >= 4 is 0 Å². The minimum absolute atomic E-state index is 0.415. The minimum Gasteiger partial charge on any atom is -0.447 e. The van der Waals surface area contributed by atoms with Gasteiger partial charge in [0, 0.05) is 12.1 Å². The van der Waals surface area contributed by atoms with Crippen LogP contribution in [0.2, 0.25) is 0 Å². The van der Waals surface area contributed by atoms with Crippen molar-refractivity contribution in [3.8, 4) is 0 Å². The summed E-state index contributed by atoms with van der Waals surface area (Å²) in [5.74, 6) is 0.903. The van der Waals surface area contributed by atoms with E-state index in [9.17, 15) is 0 Å². The highest BCUT2D eigenvalue weighted by molar-refractivity contribution is 4.89. The molecule has 0 aromatic carbocycles. The van der Waals surface area contributed by atoms with E-state index >= 15 is 0 Å². The normalized spacial score (nSPS) is 27.8. The van der Waals surface area contributed by atoms with Crippen molar-refractivity contribution in [2.24, 2.45) is 5.73 Å². The molecule has 0 bridgehead atoms. The number of nitrogens with one attached hydrogen (secondary N) is 1. The average molecular weight is 195 g/mol. The average Bonchev–Trinajstić information content (AvgIpc) is 2.70. The zero-order chi connectivity index (χ0) is 9.80. The van der Waals surface area contributed by atoms with Crippen LogP contribution < -0.4 is 11.1 Å². The molecule has 78 valence electrons. The van der Waals surface area contributed by atoms with E-state index in [1.807, 2.05) is 0 Å². The summed E-state index contributed by atoms with van der Waals surface area (Å²) in [6.07, 6.45) is 7.84. The highest BCUT2D eigenvalue weighted by Gasteiger charge is 2.17. The van der Waals surface area contributed by atoms with Crippen LogP contribution in [0.15, 0.2) is 17.0 Å². The summed E-state index contributed by atoms with van der Waals surface area (Å²) < 4.78 is 5.15. The molecule has 0 aliphatic heterocycles. The van der Waals surface area contributed by atoms with Crippen molar-refractivity contribution in [2.75, 3.05) is 0 Å². The lowest BCUT2D eigenvalue weighted by Gasteiger charge is -2.26. The maximum Gasteiger partial charge on any atom is 0.180 e. The third kappa shape index (κ3) is 2.56. The van der Waals surface area contributed by atoms with E-state index in [0.717, 1.165) is 25.1 Å². The number of hydrogen-bond donors (Lipinski definition) is 2. The van der Waals surface area contributed by atoms with E-state index in [1.165, 1.54) is 19.2 Å². The third-order valence-electron chi connectivity index (χ3n) is 2.82. The fourth-order valence-corrected chi connectivity index (χ4v) is 1.90. The minimum atomic E-state index is 0.415. The summed E-state index contributed by atoms with van der Waals surface area (Å²) in [6, 6.07) is 1.01. The summed E-state index contributed by atoms with van der Waals surface area (Å²) in [7, 11) is 0. The Kier molecular flexibility index (Phi) is 3.16. The first-order valence-corrected chi connectivity index (χ1v) is 5.21. The second-order valence-corrected chi connectivity index (χ2v) is 3.96. The van der Waals surface area contributed by atoms with Gasteiger partial charge in [-0.05, 0) is 25.7 Å². The molecule has 4 heteroatoms. The molecule has 1 aromatic rings. The molecule has 0 saturated heterocycles. The molecule has 1 aliphatic carbocycles. The molecule has 3 N–H and O–H groups in total. The van der Waals surface area contributed by atoms with Crippen LogP contribution in [-0.2, 0) is 6.54 Å². The number of aromatic nitrogens is 1. The molecule has 1 aliphatic rings. The Morgan fingerprint density at radius 3 is 2.86 bits per heavy atom. The monoisotopic (exact) mass is 195 g/mol. The van der Waals surface area contributed by atoms with Gasteiger partial charge in [-0.1, -0.05) is 0 Å². The van der Waals surface area contributed by atoms with Crippen LogP contribution in [0.1, 0.15) is 31.4 Å². The second-order valence-electron chi connectivity index (χ2n) is 3.96. The van der Waals surface area contributed by atoms with Crippen molar-refractivity contribution in [2.45, 2.75) is 44.3 Å². The zero-order valence-electron chi connectivity index (χ0n) is 8.28. The fourth-order valence-electron chi connectivity index (χ4n) is 1.90. The quantitative estimate of drug-likeness (QED) is 0.756. The number of nitrogens with zero attached hydrogens (tertiary/aromatic N) is 1. The van der Waals surface area contributed by atoms with Gasteiger partial charge in [-0.3, -0.25) is 0 Å². The van der Waals surface area contributed by atoms with Crippen molar-refractivity contribution in [1.82, 2.24) is 10.3 Å². The van der Waals surface area contributed by atoms with Crippen LogP contribution >= 0.6 is 0 Å². The molecule has 14 heavy (non-hydrogen) atoms. The van der Waals surface area contributed by atoms with E-state index in [0.29, 0.717) is 12.1 Å². The highest BCUT2D eigenvalue weighted by Crippen LogP contribution is 2.17. The van der Waals surface area contributed by atoms with E-state index in [2.05, 4.69) is 10.3 Å². The summed E-state index contributed by atoms with van der Waals surface area (Å²) in [5.41, 5.74) is 5.83. The third-order valence-corrected chi connectivity index (χ3v) is 2.82. The zero-order valence-corrected chi connectivity index (χ0v) is 8.28. The highest BCUT2D eigenvalue weighted by atomic mass is 16.3. The van der Waals surface area contributed by atoms with E-state index in [1.54, 1.807) is 6.20 Å². The first-order chi connectivity index (χ1) is 6.84. The molecular weight excluding hydrogens is 178 g/mol. The lowest BCUT2D eigenvalue weighted by atomic mass is 9.92. The Balaban J connectivity index is 1.71. The standard InChI is InChI=1S/C10H17N3O/c11-8-1-3-9(4-2-8)13-6-10-5-12-7-14-10/h5,7-9,13H,1-4,6,11H2. The lowest BCUT2D eigenvalue weighted by Crippen LogP contribution is -2.36. The summed E-state index contributed by atoms with van der Waals surface area (Å²) in [6.45, 7) is 0.778. The van der Waals surface area contributed by atoms with E-state index < -0.39 is 0 Å². The van der Waals surface area contributed by atoms with E-state index in [4.69, 9.17) is 10.2 Å². The van der Waals surface area contributed by atoms with Crippen molar-refractivity contribution < 1.29 is 4.42 Å². The molecule has 0 radical (unpaired) electrons. The number of hydrogen-bond acceptors (Lipinski definition) is 4. The Morgan fingerprint density at radius 2 is 2.21 bits per heavy atom. The molecule has 0 unspecified atom stereocenters. The molecule has 2 rings (SSSR count). The van der Waals surface area contributed by atoms with Gasteiger partial charge in [-0.15, -0.1) is 0 Å². The molecule has 1 aromatic heterocycles. The fraction of sp³-hybridized carbons (Fsp3) is 0.700. The molecular formula is C10H17N3O. The molecule has 1 saturated carbocycles. The van der Waals surface area contributed by atoms with Gasteiger partial charge in [0.25, 0.3) is 0 Å². The first-order valence-electron chi connectivity index (χ1n) is 5.21. The van der Waals surface area contributed by atoms with Gasteiger partial charge in [-0.2, -0.15) is 0 Å². The van der Waals surface area contributed by atoms with Gasteiger partial charge in [-0.25, -0.2) is 4.98 Å². The second kappa shape index (κ2) is 4.57. The number of oxazole rings is 1. The first kappa shape index (κ1) is 9.68. The summed E-state index contributed by atoms with van der Waals surface area (Å²) in [4.78, 5) is 3.87. The molecule has 1 fully saturated rings. The topological polar surface area (TPSA) is 64.1 Å². The van der Waals surface area contributed by atoms with Gasteiger partial charge < -0.3 is 15.5 Å². The van der Waals surface area contributed by atoms with Gasteiger partial charge in [0.1, 0.15) is 5.76 Å². The number of nitrogens with two attached hydrogens (primary N) is 1. The predicted molar refractivity (Wildman–Crippen MR) is 53.6 cm³/mol. The maximum atomic E-state index is 5.83. The number of rotatable bonds is 3. The van der Waals surface area contributed by atoms with Crippen LogP contribution in [0.3, 0.4) is 0 Å². The van der Waals surface area contributed by atoms with Gasteiger partial charge in [0.2, 0.25) is 0 Å². The Hall–Kier alpha value is -0.870. The van der Waals surface area contributed by atoms with Crippen molar-refractivity contribution in [3.63, 3.8) is 0 Å². The Morgan fingerprint density at radius 1 is 1.43 bits per heavy atom. The maximum absolute atomic E-state index is 5.83. The predicted octanol–water partition coefficient (Wildman–Crippen LogP) is 1.03. The van der Waals surface area contributed by atoms with Crippen LogP contribution in [-0.4, -0.2) is 17.1 Å². The van der Waals surface area contributed by atoms with Gasteiger partial charge in [0.05, 0.1) is 12.7 Å². The van der Waals surface area contributed by atoms with Crippen LogP contribution in [0, 0.1) is 0 Å². The summed E-state index contributed by atoms with van der Waals surface area (Å²) >= 11 is 0. The molecule has 4 nitrogen and oxygen atoms in total. The van der Waals surface area contributed by atoms with Crippen LogP contribution in [0.5, 0.6) is 0 Å². The van der Waals surface area contributed by atoms with Gasteiger partial charge in [0.15, 0.2) is 6.39 Å². The Bertz CT molecular complexity index is 252. The van der Waals surface area contributed by atoms with Crippen LogP contribution in [0.25, 0.3) is 0 Å². The molecule has 0 spiro atoms. The van der Waals surface area contributed by atoms with Crippen molar-refractivity contribution in [1.29, 1.82) is 0 Å². The molecule has 1 heterocycles. The molecule has 0 amide bonds. The molecule has 0 atom stereocenters. The largest absolute Gasteiger partial charge is 0.447 e. The van der Waals surface area contributed by atoms with E-state index in [-0.39, 0.29) is 0 Å². The smallest absolute Gasteiger partial charge is 0.180 e. The SMILES string of the molecule is NC1CCC(NCc2cnco2)CC1.